The average molecular weight is 459 g/mol. The van der Waals surface area contributed by atoms with E-state index in [9.17, 15) is 17.6 Å². The maximum Gasteiger partial charge on any atom is 0.264 e. The summed E-state index contributed by atoms with van der Waals surface area (Å²) in [5.74, 6) is -0.426. The molecular formula is C23H23FN2O5S. The van der Waals surface area contributed by atoms with Crippen molar-refractivity contribution in [3.63, 3.8) is 0 Å². The van der Waals surface area contributed by atoms with Gasteiger partial charge >= 0.3 is 0 Å². The third kappa shape index (κ3) is 5.17. The first-order valence-corrected chi connectivity index (χ1v) is 11.1. The van der Waals surface area contributed by atoms with Crippen molar-refractivity contribution >= 4 is 27.3 Å². The van der Waals surface area contributed by atoms with Gasteiger partial charge in [-0.05, 0) is 55.5 Å². The van der Waals surface area contributed by atoms with E-state index in [-0.39, 0.29) is 16.3 Å². The predicted molar refractivity (Wildman–Crippen MR) is 120 cm³/mol. The second-order valence-corrected chi connectivity index (χ2v) is 8.78. The van der Waals surface area contributed by atoms with Gasteiger partial charge in [-0.3, -0.25) is 9.10 Å². The van der Waals surface area contributed by atoms with Gasteiger partial charge in [0.05, 0.1) is 24.8 Å². The number of benzene rings is 3. The molecule has 0 radical (unpaired) electrons. The van der Waals surface area contributed by atoms with Gasteiger partial charge in [-0.2, -0.15) is 0 Å². The minimum absolute atomic E-state index is 0.0163. The highest BCUT2D eigenvalue weighted by molar-refractivity contribution is 7.92. The summed E-state index contributed by atoms with van der Waals surface area (Å²) in [6.07, 6.45) is 0. The molecule has 0 aromatic heterocycles. The fraction of sp³-hybridized carbons (Fsp3) is 0.174. The number of nitrogens with zero attached hydrogens (tertiary/aromatic N) is 1. The number of ether oxygens (including phenoxy) is 2. The fourth-order valence-electron chi connectivity index (χ4n) is 2.99. The molecule has 168 valence electrons. The zero-order chi connectivity index (χ0) is 23.3. The molecule has 7 nitrogen and oxygen atoms in total. The molecule has 0 unspecified atom stereocenters. The number of amides is 1. The number of halogens is 1. The minimum Gasteiger partial charge on any atom is -0.497 e. The first kappa shape index (κ1) is 23.1. The van der Waals surface area contributed by atoms with Crippen molar-refractivity contribution in [3.05, 3.63) is 78.1 Å². The second kappa shape index (κ2) is 9.69. The minimum atomic E-state index is -4.15. The zero-order valence-corrected chi connectivity index (χ0v) is 18.6. The smallest absolute Gasteiger partial charge is 0.264 e. The van der Waals surface area contributed by atoms with Crippen molar-refractivity contribution in [1.82, 2.24) is 0 Å². The standard InChI is InChI=1S/C23H23FN2O5S/c1-16-4-11-20(12-5-16)32(28,29)26(21-14-19(30-2)10-13-22(21)31-3)15-23(27)25-18-8-6-17(24)7-9-18/h4-14H,15H2,1-3H3,(H,25,27). The van der Waals surface area contributed by atoms with Crippen LogP contribution in [0.1, 0.15) is 5.56 Å². The number of methoxy groups -OCH3 is 2. The Morgan fingerprint density at radius 3 is 2.22 bits per heavy atom. The third-order valence-electron chi connectivity index (χ3n) is 4.68. The molecule has 3 aromatic rings. The number of rotatable bonds is 8. The third-order valence-corrected chi connectivity index (χ3v) is 6.45. The van der Waals surface area contributed by atoms with E-state index in [1.807, 2.05) is 6.92 Å². The van der Waals surface area contributed by atoms with Crippen LogP contribution in [0, 0.1) is 12.7 Å². The molecule has 1 amide bonds. The number of carbonyl (C=O) groups excluding carboxylic acids is 1. The van der Waals surface area contributed by atoms with E-state index >= 15 is 0 Å². The summed E-state index contributed by atoms with van der Waals surface area (Å²) in [6, 6.07) is 16.1. The van der Waals surface area contributed by atoms with Gasteiger partial charge in [0.25, 0.3) is 10.0 Å². The molecule has 0 bridgehead atoms. The van der Waals surface area contributed by atoms with E-state index in [4.69, 9.17) is 9.47 Å². The van der Waals surface area contributed by atoms with Gasteiger partial charge < -0.3 is 14.8 Å². The van der Waals surface area contributed by atoms with Gasteiger partial charge in [-0.15, -0.1) is 0 Å². The molecule has 0 fully saturated rings. The number of hydrogen-bond acceptors (Lipinski definition) is 5. The number of hydrogen-bond donors (Lipinski definition) is 1. The average Bonchev–Trinajstić information content (AvgIpc) is 2.78. The Labute approximate surface area is 186 Å². The van der Waals surface area contributed by atoms with E-state index in [1.54, 1.807) is 24.3 Å². The summed E-state index contributed by atoms with van der Waals surface area (Å²) < 4.78 is 51.8. The lowest BCUT2D eigenvalue weighted by Gasteiger charge is -2.26. The van der Waals surface area contributed by atoms with Crippen molar-refractivity contribution in [2.45, 2.75) is 11.8 Å². The monoisotopic (exact) mass is 458 g/mol. The molecule has 9 heteroatoms. The van der Waals surface area contributed by atoms with E-state index in [0.29, 0.717) is 11.4 Å². The largest absolute Gasteiger partial charge is 0.497 e. The highest BCUT2D eigenvalue weighted by atomic mass is 32.2. The van der Waals surface area contributed by atoms with Crippen molar-refractivity contribution in [3.8, 4) is 11.5 Å². The van der Waals surface area contributed by atoms with Crippen molar-refractivity contribution in [1.29, 1.82) is 0 Å². The molecule has 0 atom stereocenters. The molecular weight excluding hydrogens is 435 g/mol. The van der Waals surface area contributed by atoms with Crippen molar-refractivity contribution in [2.75, 3.05) is 30.4 Å². The predicted octanol–water partition coefficient (Wildman–Crippen LogP) is 3.99. The van der Waals surface area contributed by atoms with Gasteiger partial charge in [-0.1, -0.05) is 17.7 Å². The topological polar surface area (TPSA) is 84.9 Å². The number of sulfonamides is 1. The normalized spacial score (nSPS) is 11.0. The Morgan fingerprint density at radius 2 is 1.62 bits per heavy atom. The quantitative estimate of drug-likeness (QED) is 0.552. The van der Waals surface area contributed by atoms with Crippen LogP contribution in [0.5, 0.6) is 11.5 Å². The maximum absolute atomic E-state index is 13.5. The SMILES string of the molecule is COc1ccc(OC)c(N(CC(=O)Nc2ccc(F)cc2)S(=O)(=O)c2ccc(C)cc2)c1. The molecule has 0 spiro atoms. The molecule has 0 heterocycles. The van der Waals surface area contributed by atoms with Gasteiger partial charge in [0, 0.05) is 11.8 Å². The molecule has 0 aliphatic carbocycles. The number of aryl methyl sites for hydroxylation is 1. The Hall–Kier alpha value is -3.59. The van der Waals surface area contributed by atoms with Crippen molar-refractivity contribution < 1.29 is 27.1 Å². The van der Waals surface area contributed by atoms with E-state index < -0.39 is 28.3 Å². The van der Waals surface area contributed by atoms with Gasteiger partial charge in [0.15, 0.2) is 0 Å². The summed E-state index contributed by atoms with van der Waals surface area (Å²) in [4.78, 5) is 12.8. The number of nitrogens with one attached hydrogen (secondary N) is 1. The maximum atomic E-state index is 13.5. The zero-order valence-electron chi connectivity index (χ0n) is 17.8. The van der Waals surface area contributed by atoms with Crippen molar-refractivity contribution in [2.24, 2.45) is 0 Å². The summed E-state index contributed by atoms with van der Waals surface area (Å²) in [6.45, 7) is 1.30. The fourth-order valence-corrected chi connectivity index (χ4v) is 4.42. The lowest BCUT2D eigenvalue weighted by molar-refractivity contribution is -0.114. The number of anilines is 2. The lowest BCUT2D eigenvalue weighted by Crippen LogP contribution is -2.38. The van der Waals surface area contributed by atoms with E-state index in [1.165, 1.54) is 56.7 Å². The second-order valence-electron chi connectivity index (χ2n) is 6.92. The van der Waals surface area contributed by atoms with Crippen LogP contribution < -0.4 is 19.1 Å². The van der Waals surface area contributed by atoms with Crippen LogP contribution in [0.25, 0.3) is 0 Å². The van der Waals surface area contributed by atoms with Crippen LogP contribution in [0.4, 0.5) is 15.8 Å². The van der Waals surface area contributed by atoms with Crippen LogP contribution in [-0.4, -0.2) is 35.1 Å². The van der Waals surface area contributed by atoms with Crippen LogP contribution in [-0.2, 0) is 14.8 Å². The summed E-state index contributed by atoms with van der Waals surface area (Å²) in [5, 5.41) is 2.58. The molecule has 1 N–H and O–H groups in total. The molecule has 0 aliphatic rings. The Balaban J connectivity index is 2.04. The van der Waals surface area contributed by atoms with Crippen LogP contribution in [0.15, 0.2) is 71.6 Å². The van der Waals surface area contributed by atoms with Crippen LogP contribution in [0.2, 0.25) is 0 Å². The first-order chi connectivity index (χ1) is 15.2. The van der Waals surface area contributed by atoms with Gasteiger partial charge in [0.1, 0.15) is 23.9 Å². The highest BCUT2D eigenvalue weighted by Crippen LogP contribution is 2.35. The Bertz CT molecular complexity index is 1200. The first-order valence-electron chi connectivity index (χ1n) is 9.61. The lowest BCUT2D eigenvalue weighted by atomic mass is 10.2. The summed E-state index contributed by atoms with van der Waals surface area (Å²) >= 11 is 0. The molecule has 3 rings (SSSR count). The van der Waals surface area contributed by atoms with Crippen LogP contribution in [0.3, 0.4) is 0 Å². The summed E-state index contributed by atoms with van der Waals surface area (Å²) in [5.41, 5.74) is 1.37. The Morgan fingerprint density at radius 1 is 0.969 bits per heavy atom. The summed E-state index contributed by atoms with van der Waals surface area (Å²) in [7, 11) is -1.29. The van der Waals surface area contributed by atoms with Crippen LogP contribution >= 0.6 is 0 Å². The van der Waals surface area contributed by atoms with Gasteiger partial charge in [0.2, 0.25) is 5.91 Å². The van der Waals surface area contributed by atoms with Gasteiger partial charge in [-0.25, -0.2) is 12.8 Å². The molecule has 0 saturated heterocycles. The Kier molecular flexibility index (Phi) is 6.99. The molecule has 0 aliphatic heterocycles. The van der Waals surface area contributed by atoms with E-state index in [2.05, 4.69) is 5.32 Å². The highest BCUT2D eigenvalue weighted by Gasteiger charge is 2.30. The molecule has 32 heavy (non-hydrogen) atoms. The number of carbonyl (C=O) groups is 1. The van der Waals surface area contributed by atoms with E-state index in [0.717, 1.165) is 9.87 Å². The molecule has 0 saturated carbocycles. The molecule has 3 aromatic carbocycles.